The van der Waals surface area contributed by atoms with Crippen LogP contribution in [-0.2, 0) is 4.79 Å². The van der Waals surface area contributed by atoms with Crippen molar-refractivity contribution in [3.05, 3.63) is 29.8 Å². The van der Waals surface area contributed by atoms with Crippen LogP contribution in [0.1, 0.15) is 19.4 Å². The second kappa shape index (κ2) is 7.77. The van der Waals surface area contributed by atoms with Crippen molar-refractivity contribution in [3.8, 4) is 11.8 Å². The Morgan fingerprint density at radius 3 is 2.82 bits per heavy atom. The fourth-order valence-corrected chi connectivity index (χ4v) is 3.17. The average Bonchev–Trinajstić information content (AvgIpc) is 2.95. The number of nitrogens with one attached hydrogen (secondary N) is 1. The van der Waals surface area contributed by atoms with Gasteiger partial charge in [0.25, 0.3) is 5.91 Å². The lowest BCUT2D eigenvalue weighted by Gasteiger charge is -2.13. The topological polar surface area (TPSA) is 87.9 Å². The number of hydrogen-bond donors (Lipinski definition) is 1. The maximum atomic E-state index is 12.1. The Hall–Kier alpha value is -2.11. The van der Waals surface area contributed by atoms with Crippen LogP contribution in [0.4, 0.5) is 5.13 Å². The van der Waals surface area contributed by atoms with Gasteiger partial charge in [-0.15, -0.1) is 10.2 Å². The van der Waals surface area contributed by atoms with Crippen molar-refractivity contribution in [3.63, 3.8) is 0 Å². The van der Waals surface area contributed by atoms with Gasteiger partial charge >= 0.3 is 0 Å². The van der Waals surface area contributed by atoms with E-state index in [1.54, 1.807) is 43.0 Å². The lowest BCUT2D eigenvalue weighted by Crippen LogP contribution is -2.30. The molecule has 0 saturated carbocycles. The van der Waals surface area contributed by atoms with Gasteiger partial charge in [-0.05, 0) is 36.9 Å². The highest BCUT2D eigenvalue weighted by molar-refractivity contribution is 8.01. The first-order valence-corrected chi connectivity index (χ1v) is 8.36. The molecule has 2 rings (SSSR count). The maximum absolute atomic E-state index is 12.1. The molecule has 0 saturated heterocycles. The van der Waals surface area contributed by atoms with Gasteiger partial charge in [0, 0.05) is 0 Å². The van der Waals surface area contributed by atoms with Gasteiger partial charge in [0.05, 0.1) is 11.6 Å². The Balaban J connectivity index is 1.91. The molecule has 0 aliphatic rings. The lowest BCUT2D eigenvalue weighted by atomic mass is 10.2. The molecular formula is C14H14N4O2S2. The first-order chi connectivity index (χ1) is 10.6. The molecule has 0 spiro atoms. The van der Waals surface area contributed by atoms with Crippen molar-refractivity contribution in [1.82, 2.24) is 10.2 Å². The predicted octanol–water partition coefficient (Wildman–Crippen LogP) is 2.93. The molecule has 0 fully saturated rings. The molecule has 0 bridgehead atoms. The molecule has 6 nitrogen and oxygen atoms in total. The molecule has 1 amide bonds. The number of aromatic nitrogens is 2. The number of nitrogens with zero attached hydrogens (tertiary/aromatic N) is 3. The van der Waals surface area contributed by atoms with Gasteiger partial charge in [-0.2, -0.15) is 5.26 Å². The number of nitriles is 1. The van der Waals surface area contributed by atoms with E-state index in [1.165, 1.54) is 11.3 Å². The third-order valence-electron chi connectivity index (χ3n) is 2.57. The number of carbonyl (C=O) groups excluding carboxylic acids is 1. The molecule has 2 aromatic rings. The van der Waals surface area contributed by atoms with Gasteiger partial charge < -0.3 is 4.74 Å². The van der Waals surface area contributed by atoms with Crippen molar-refractivity contribution in [2.75, 3.05) is 11.1 Å². The van der Waals surface area contributed by atoms with E-state index < -0.39 is 6.10 Å². The normalized spacial score (nSPS) is 11.5. The molecular weight excluding hydrogens is 320 g/mol. The van der Waals surface area contributed by atoms with Gasteiger partial charge in [-0.3, -0.25) is 10.1 Å². The maximum Gasteiger partial charge on any atom is 0.266 e. The van der Waals surface area contributed by atoms with Crippen LogP contribution in [0, 0.1) is 11.3 Å². The van der Waals surface area contributed by atoms with Crippen LogP contribution in [0.2, 0.25) is 0 Å². The fraction of sp³-hybridized carbons (Fsp3) is 0.286. The summed E-state index contributed by atoms with van der Waals surface area (Å²) >= 11 is 2.91. The summed E-state index contributed by atoms with van der Waals surface area (Å²) in [7, 11) is 0. The van der Waals surface area contributed by atoms with Crippen LogP contribution in [0.15, 0.2) is 28.6 Å². The van der Waals surface area contributed by atoms with E-state index in [0.29, 0.717) is 16.4 Å². The Kier molecular flexibility index (Phi) is 5.75. The van der Waals surface area contributed by atoms with Crippen LogP contribution in [-0.4, -0.2) is 28.0 Å². The highest BCUT2D eigenvalue weighted by Crippen LogP contribution is 2.25. The summed E-state index contributed by atoms with van der Waals surface area (Å²) in [4.78, 5) is 12.1. The molecule has 1 aromatic heterocycles. The highest BCUT2D eigenvalue weighted by atomic mass is 32.2. The van der Waals surface area contributed by atoms with Gasteiger partial charge in [0.2, 0.25) is 5.13 Å². The quantitative estimate of drug-likeness (QED) is 0.645. The lowest BCUT2D eigenvalue weighted by molar-refractivity contribution is -0.122. The summed E-state index contributed by atoms with van der Waals surface area (Å²) < 4.78 is 6.35. The third-order valence-corrected chi connectivity index (χ3v) is 4.42. The minimum Gasteiger partial charge on any atom is -0.481 e. The summed E-state index contributed by atoms with van der Waals surface area (Å²) in [6.45, 7) is 3.67. The van der Waals surface area contributed by atoms with Gasteiger partial charge in [-0.25, -0.2) is 0 Å². The van der Waals surface area contributed by atoms with E-state index in [1.807, 2.05) is 13.0 Å². The number of rotatable bonds is 6. The van der Waals surface area contributed by atoms with E-state index in [0.717, 1.165) is 10.1 Å². The minimum absolute atomic E-state index is 0.298. The summed E-state index contributed by atoms with van der Waals surface area (Å²) in [5.74, 6) is 1.13. The molecule has 1 heterocycles. The Labute approximate surface area is 136 Å². The summed E-state index contributed by atoms with van der Waals surface area (Å²) in [6.07, 6.45) is -0.681. The van der Waals surface area contributed by atoms with E-state index in [9.17, 15) is 4.79 Å². The number of anilines is 1. The zero-order chi connectivity index (χ0) is 15.9. The van der Waals surface area contributed by atoms with Gasteiger partial charge in [0.15, 0.2) is 10.4 Å². The van der Waals surface area contributed by atoms with Crippen molar-refractivity contribution in [2.24, 2.45) is 0 Å². The Bertz CT molecular complexity index is 679. The first-order valence-electron chi connectivity index (χ1n) is 6.56. The molecule has 0 radical (unpaired) electrons. The first kappa shape index (κ1) is 16.3. The Morgan fingerprint density at radius 2 is 2.18 bits per heavy atom. The average molecular weight is 334 g/mol. The zero-order valence-corrected chi connectivity index (χ0v) is 13.7. The van der Waals surface area contributed by atoms with Crippen molar-refractivity contribution < 1.29 is 9.53 Å². The number of amides is 1. The molecule has 1 N–H and O–H groups in total. The molecule has 8 heteroatoms. The highest BCUT2D eigenvalue weighted by Gasteiger charge is 2.17. The number of benzene rings is 1. The second-order valence-corrected chi connectivity index (χ2v) is 6.68. The summed E-state index contributed by atoms with van der Waals surface area (Å²) in [5, 5.41) is 19.7. The molecule has 22 heavy (non-hydrogen) atoms. The van der Waals surface area contributed by atoms with E-state index >= 15 is 0 Å². The van der Waals surface area contributed by atoms with Gasteiger partial charge in [0.1, 0.15) is 5.75 Å². The number of hydrogen-bond acceptors (Lipinski definition) is 7. The van der Waals surface area contributed by atoms with Crippen molar-refractivity contribution in [2.45, 2.75) is 24.3 Å². The summed E-state index contributed by atoms with van der Waals surface area (Å²) in [6, 6.07) is 8.61. The van der Waals surface area contributed by atoms with Crippen LogP contribution in [0.3, 0.4) is 0 Å². The smallest absolute Gasteiger partial charge is 0.266 e. The zero-order valence-electron chi connectivity index (χ0n) is 12.1. The van der Waals surface area contributed by atoms with E-state index in [2.05, 4.69) is 15.5 Å². The monoisotopic (exact) mass is 334 g/mol. The third kappa shape index (κ3) is 4.44. The van der Waals surface area contributed by atoms with Crippen LogP contribution in [0.25, 0.3) is 0 Å². The minimum atomic E-state index is -0.681. The number of thioether (sulfide) groups is 1. The van der Waals surface area contributed by atoms with Crippen LogP contribution in [0.5, 0.6) is 5.75 Å². The molecule has 1 aromatic carbocycles. The molecule has 1 atom stereocenters. The fourth-order valence-electron chi connectivity index (χ4n) is 1.51. The molecule has 0 unspecified atom stereocenters. The van der Waals surface area contributed by atoms with Crippen LogP contribution < -0.4 is 10.1 Å². The number of carbonyl (C=O) groups is 1. The largest absolute Gasteiger partial charge is 0.481 e. The molecule has 0 aliphatic carbocycles. The summed E-state index contributed by atoms with van der Waals surface area (Å²) in [5.41, 5.74) is 0.541. The molecule has 0 aliphatic heterocycles. The number of ether oxygens (including phenoxy) is 1. The van der Waals surface area contributed by atoms with E-state index in [-0.39, 0.29) is 5.91 Å². The SMILES string of the molecule is CCSc1nnc(NC(=O)[C@@H](C)Oc2ccc(C#N)cc2)s1. The van der Waals surface area contributed by atoms with E-state index in [4.69, 9.17) is 10.00 Å². The van der Waals surface area contributed by atoms with Crippen molar-refractivity contribution in [1.29, 1.82) is 5.26 Å². The van der Waals surface area contributed by atoms with Gasteiger partial charge in [-0.1, -0.05) is 30.0 Å². The van der Waals surface area contributed by atoms with Crippen molar-refractivity contribution >= 4 is 34.1 Å². The van der Waals surface area contributed by atoms with Crippen LogP contribution >= 0.6 is 23.1 Å². The second-order valence-electron chi connectivity index (χ2n) is 4.19. The predicted molar refractivity (Wildman–Crippen MR) is 86.2 cm³/mol. The standard InChI is InChI=1S/C14H14N4O2S2/c1-3-21-14-18-17-13(22-14)16-12(19)9(2)20-11-6-4-10(8-15)5-7-11/h4-7,9H,3H2,1-2H3,(H,16,17,19)/t9-/m1/s1. The Morgan fingerprint density at radius 1 is 1.45 bits per heavy atom. The molecule has 114 valence electrons.